The van der Waals surface area contributed by atoms with Crippen molar-refractivity contribution in [3.8, 4) is 11.5 Å². The van der Waals surface area contributed by atoms with Crippen LogP contribution in [0.1, 0.15) is 10.4 Å². The number of hydrogen-bond donors (Lipinski definition) is 0. The van der Waals surface area contributed by atoms with E-state index < -0.39 is 0 Å². The normalized spacial score (nSPS) is 10.5. The highest BCUT2D eigenvalue weighted by molar-refractivity contribution is 5.81. The van der Waals surface area contributed by atoms with Crippen molar-refractivity contribution >= 4 is 6.29 Å². The van der Waals surface area contributed by atoms with E-state index in [1.807, 2.05) is 0 Å². The van der Waals surface area contributed by atoms with Gasteiger partial charge in [0.1, 0.15) is 0 Å². The lowest BCUT2D eigenvalue weighted by molar-refractivity contribution is -0.0208. The molecule has 0 fully saturated rings. The van der Waals surface area contributed by atoms with Crippen LogP contribution in [0.15, 0.2) is 18.2 Å². The first-order chi connectivity index (χ1) is 10.8. The number of carbonyl (C=O) groups excluding carboxylic acids is 1. The molecule has 0 saturated carbocycles. The Labute approximate surface area is 130 Å². The topological polar surface area (TPSA) is 72.5 Å². The zero-order valence-corrected chi connectivity index (χ0v) is 12.9. The third-order valence-corrected chi connectivity index (χ3v) is 2.58. The lowest BCUT2D eigenvalue weighted by Crippen LogP contribution is -2.11. The Bertz CT molecular complexity index is 422. The van der Waals surface area contributed by atoms with E-state index in [9.17, 15) is 4.79 Å². The molecule has 1 rings (SSSR count). The molecular formula is C15H22O7. The van der Waals surface area contributed by atoms with Gasteiger partial charge in [0.05, 0.1) is 32.0 Å². The van der Waals surface area contributed by atoms with E-state index in [0.717, 1.165) is 0 Å². The largest absolute Gasteiger partial charge is 0.464 e. The molecule has 22 heavy (non-hydrogen) atoms. The predicted octanol–water partition coefficient (Wildman–Crippen LogP) is 1.50. The Morgan fingerprint density at radius 3 is 2.14 bits per heavy atom. The first-order valence-electron chi connectivity index (χ1n) is 6.80. The molecule has 0 heterocycles. The summed E-state index contributed by atoms with van der Waals surface area (Å²) in [6, 6.07) is 5.03. The van der Waals surface area contributed by atoms with Gasteiger partial charge in [-0.25, -0.2) is 0 Å². The summed E-state index contributed by atoms with van der Waals surface area (Å²) in [5.74, 6) is 0.739. The molecule has 0 saturated heterocycles. The Morgan fingerprint density at radius 1 is 0.909 bits per heavy atom. The van der Waals surface area contributed by atoms with E-state index in [-0.39, 0.29) is 13.6 Å². The van der Waals surface area contributed by atoms with Crippen molar-refractivity contribution in [2.24, 2.45) is 0 Å². The van der Waals surface area contributed by atoms with Crippen molar-refractivity contribution in [1.29, 1.82) is 0 Å². The third kappa shape index (κ3) is 6.86. The van der Waals surface area contributed by atoms with Crippen LogP contribution in [-0.4, -0.2) is 60.5 Å². The van der Waals surface area contributed by atoms with Crippen molar-refractivity contribution in [3.63, 3.8) is 0 Å². The predicted molar refractivity (Wildman–Crippen MR) is 78.5 cm³/mol. The van der Waals surface area contributed by atoms with Gasteiger partial charge in [-0.3, -0.25) is 4.79 Å². The van der Waals surface area contributed by atoms with E-state index in [4.69, 9.17) is 28.4 Å². The molecule has 7 heteroatoms. The fourth-order valence-electron chi connectivity index (χ4n) is 1.50. The van der Waals surface area contributed by atoms with Gasteiger partial charge in [0.2, 0.25) is 0 Å². The summed E-state index contributed by atoms with van der Waals surface area (Å²) in [7, 11) is 3.18. The number of para-hydroxylation sites is 1. The minimum atomic E-state index is -0.00486. The Hall–Kier alpha value is -1.67. The molecule has 0 unspecified atom stereocenters. The second-order valence-corrected chi connectivity index (χ2v) is 4.12. The van der Waals surface area contributed by atoms with Gasteiger partial charge in [-0.15, -0.1) is 0 Å². The van der Waals surface area contributed by atoms with Crippen LogP contribution in [0.3, 0.4) is 0 Å². The minimum absolute atomic E-state index is 0.00486. The van der Waals surface area contributed by atoms with Crippen LogP contribution in [-0.2, 0) is 18.9 Å². The monoisotopic (exact) mass is 314 g/mol. The summed E-state index contributed by atoms with van der Waals surface area (Å²) >= 11 is 0. The number of benzene rings is 1. The average molecular weight is 314 g/mol. The van der Waals surface area contributed by atoms with Crippen molar-refractivity contribution in [1.82, 2.24) is 0 Å². The number of methoxy groups -OCH3 is 2. The van der Waals surface area contributed by atoms with Crippen LogP contribution < -0.4 is 9.47 Å². The molecule has 0 aliphatic heterocycles. The zero-order chi connectivity index (χ0) is 16.0. The maximum absolute atomic E-state index is 11.1. The number of ether oxygens (including phenoxy) is 6. The number of aldehydes is 1. The molecule has 0 N–H and O–H groups in total. The number of hydrogen-bond acceptors (Lipinski definition) is 7. The molecule has 0 radical (unpaired) electrons. The summed E-state index contributed by atoms with van der Waals surface area (Å²) in [6.45, 7) is 1.79. The van der Waals surface area contributed by atoms with Gasteiger partial charge in [-0.2, -0.15) is 0 Å². The molecule has 1 aromatic carbocycles. The van der Waals surface area contributed by atoms with Gasteiger partial charge < -0.3 is 28.4 Å². The minimum Gasteiger partial charge on any atom is -0.464 e. The first-order valence-corrected chi connectivity index (χ1v) is 6.80. The summed E-state index contributed by atoms with van der Waals surface area (Å²) in [6.07, 6.45) is 0.698. The lowest BCUT2D eigenvalue weighted by atomic mass is 10.2. The molecule has 0 aliphatic carbocycles. The molecule has 1 aromatic rings. The summed E-state index contributed by atoms with van der Waals surface area (Å²) < 4.78 is 31.1. The highest BCUT2D eigenvalue weighted by atomic mass is 16.7. The second kappa shape index (κ2) is 11.9. The molecule has 0 aliphatic rings. The SMILES string of the molecule is COCCOCOc1cccc(C=O)c1OCOCCOC. The molecule has 0 atom stereocenters. The van der Waals surface area contributed by atoms with Crippen LogP contribution >= 0.6 is 0 Å². The third-order valence-electron chi connectivity index (χ3n) is 2.58. The van der Waals surface area contributed by atoms with Crippen molar-refractivity contribution in [2.75, 3.05) is 54.2 Å². The fraction of sp³-hybridized carbons (Fsp3) is 0.533. The standard InChI is InChI=1S/C15H22O7/c1-17-6-8-19-11-21-14-5-3-4-13(10-16)15(14)22-12-20-9-7-18-2/h3-5,10H,6-9,11-12H2,1-2H3. The second-order valence-electron chi connectivity index (χ2n) is 4.12. The maximum Gasteiger partial charge on any atom is 0.189 e. The molecule has 0 spiro atoms. The summed E-state index contributed by atoms with van der Waals surface area (Å²) in [4.78, 5) is 11.1. The molecule has 0 bridgehead atoms. The van der Waals surface area contributed by atoms with Gasteiger partial charge in [0.25, 0.3) is 0 Å². The summed E-state index contributed by atoms with van der Waals surface area (Å²) in [5.41, 5.74) is 0.379. The maximum atomic E-state index is 11.1. The highest BCUT2D eigenvalue weighted by Crippen LogP contribution is 2.30. The Balaban J connectivity index is 2.53. The van der Waals surface area contributed by atoms with E-state index in [1.165, 1.54) is 0 Å². The van der Waals surface area contributed by atoms with E-state index >= 15 is 0 Å². The van der Waals surface area contributed by atoms with Crippen molar-refractivity contribution < 1.29 is 33.2 Å². The van der Waals surface area contributed by atoms with Gasteiger partial charge >= 0.3 is 0 Å². The van der Waals surface area contributed by atoms with E-state index in [1.54, 1.807) is 32.4 Å². The Morgan fingerprint density at radius 2 is 1.55 bits per heavy atom. The van der Waals surface area contributed by atoms with Crippen LogP contribution in [0.5, 0.6) is 11.5 Å². The van der Waals surface area contributed by atoms with Crippen molar-refractivity contribution in [3.05, 3.63) is 23.8 Å². The quantitative estimate of drug-likeness (QED) is 0.310. The van der Waals surface area contributed by atoms with Gasteiger partial charge in [-0.05, 0) is 12.1 Å². The van der Waals surface area contributed by atoms with Gasteiger partial charge in [0.15, 0.2) is 31.4 Å². The number of carbonyl (C=O) groups is 1. The lowest BCUT2D eigenvalue weighted by Gasteiger charge is -2.14. The fourth-order valence-corrected chi connectivity index (χ4v) is 1.50. The Kier molecular flexibility index (Phi) is 9.97. The molecule has 0 aromatic heterocycles. The highest BCUT2D eigenvalue weighted by Gasteiger charge is 2.11. The molecule has 7 nitrogen and oxygen atoms in total. The molecule has 124 valence electrons. The van der Waals surface area contributed by atoms with Crippen molar-refractivity contribution in [2.45, 2.75) is 0 Å². The van der Waals surface area contributed by atoms with Crippen LogP contribution in [0.25, 0.3) is 0 Å². The molecular weight excluding hydrogens is 292 g/mol. The van der Waals surface area contributed by atoms with Gasteiger partial charge in [0, 0.05) is 14.2 Å². The smallest absolute Gasteiger partial charge is 0.189 e. The van der Waals surface area contributed by atoms with Gasteiger partial charge in [-0.1, -0.05) is 6.07 Å². The van der Waals surface area contributed by atoms with E-state index in [0.29, 0.717) is 49.8 Å². The first kappa shape index (κ1) is 18.4. The zero-order valence-electron chi connectivity index (χ0n) is 12.9. The summed E-state index contributed by atoms with van der Waals surface area (Å²) in [5, 5.41) is 0. The average Bonchev–Trinajstić information content (AvgIpc) is 2.55. The van der Waals surface area contributed by atoms with Crippen LogP contribution in [0, 0.1) is 0 Å². The molecule has 0 amide bonds. The van der Waals surface area contributed by atoms with E-state index in [2.05, 4.69) is 0 Å². The van der Waals surface area contributed by atoms with Crippen LogP contribution in [0.2, 0.25) is 0 Å². The number of rotatable bonds is 13. The van der Waals surface area contributed by atoms with Crippen LogP contribution in [0.4, 0.5) is 0 Å².